The van der Waals surface area contributed by atoms with Crippen molar-refractivity contribution in [3.63, 3.8) is 0 Å². The van der Waals surface area contributed by atoms with E-state index in [0.717, 1.165) is 10.7 Å². The number of carbonyl (C=O) groups is 1. The van der Waals surface area contributed by atoms with Gasteiger partial charge < -0.3 is 11.1 Å². The fraction of sp³-hybridized carbons (Fsp3) is 0.556. The summed E-state index contributed by atoms with van der Waals surface area (Å²) < 4.78 is 0. The van der Waals surface area contributed by atoms with Crippen LogP contribution in [0.5, 0.6) is 0 Å². The van der Waals surface area contributed by atoms with Crippen molar-refractivity contribution in [2.75, 3.05) is 0 Å². The molecule has 5 heteroatoms. The predicted octanol–water partition coefficient (Wildman–Crippen LogP) is 0.805. The zero-order valence-corrected chi connectivity index (χ0v) is 9.23. The molecule has 78 valence electrons. The van der Waals surface area contributed by atoms with Crippen LogP contribution < -0.4 is 11.1 Å². The van der Waals surface area contributed by atoms with Gasteiger partial charge in [-0.1, -0.05) is 6.92 Å². The summed E-state index contributed by atoms with van der Waals surface area (Å²) in [5, 5.41) is 5.62. The summed E-state index contributed by atoms with van der Waals surface area (Å²) in [4.78, 5) is 15.5. The lowest BCUT2D eigenvalue weighted by atomic mass is 10.2. The van der Waals surface area contributed by atoms with Crippen molar-refractivity contribution in [3.8, 4) is 0 Å². The Morgan fingerprint density at radius 2 is 2.50 bits per heavy atom. The number of aromatic nitrogens is 1. The van der Waals surface area contributed by atoms with Gasteiger partial charge in [0.1, 0.15) is 5.01 Å². The highest BCUT2D eigenvalue weighted by Gasteiger charge is 2.10. The van der Waals surface area contributed by atoms with E-state index in [9.17, 15) is 4.79 Å². The van der Waals surface area contributed by atoms with E-state index in [1.54, 1.807) is 11.3 Å². The lowest BCUT2D eigenvalue weighted by Crippen LogP contribution is -2.39. The molecule has 0 aliphatic heterocycles. The summed E-state index contributed by atoms with van der Waals surface area (Å²) in [5.41, 5.74) is 6.54. The van der Waals surface area contributed by atoms with Crippen molar-refractivity contribution in [3.05, 3.63) is 16.1 Å². The van der Waals surface area contributed by atoms with Crippen molar-refractivity contribution in [1.29, 1.82) is 0 Å². The molecule has 0 saturated carbocycles. The number of hydrogen-bond acceptors (Lipinski definition) is 4. The van der Waals surface area contributed by atoms with Gasteiger partial charge in [-0.2, -0.15) is 0 Å². The van der Waals surface area contributed by atoms with Crippen LogP contribution in [0.2, 0.25) is 0 Å². The molecule has 0 aliphatic rings. The number of aryl methyl sites for hydroxylation is 1. The highest BCUT2D eigenvalue weighted by atomic mass is 32.1. The van der Waals surface area contributed by atoms with Gasteiger partial charge in [0.15, 0.2) is 0 Å². The molecule has 0 spiro atoms. The second-order valence-electron chi connectivity index (χ2n) is 3.12. The number of rotatable bonds is 4. The van der Waals surface area contributed by atoms with Gasteiger partial charge in [0.05, 0.1) is 12.6 Å². The Morgan fingerprint density at radius 1 is 1.79 bits per heavy atom. The van der Waals surface area contributed by atoms with E-state index in [-0.39, 0.29) is 5.91 Å². The summed E-state index contributed by atoms with van der Waals surface area (Å²) in [7, 11) is 0. The highest BCUT2D eigenvalue weighted by Crippen LogP contribution is 2.07. The topological polar surface area (TPSA) is 68.0 Å². The number of nitrogens with two attached hydrogens (primary N) is 1. The standard InChI is InChI=1S/C9H15N3OS/c1-3-7(10)9(13)11-4-8-12-6(2)5-14-8/h5,7H,3-4,10H2,1-2H3,(H,11,13)/t7-/m0/s1. The first kappa shape index (κ1) is 11.1. The summed E-state index contributed by atoms with van der Waals surface area (Å²) in [6.07, 6.45) is 0.655. The van der Waals surface area contributed by atoms with Gasteiger partial charge in [-0.25, -0.2) is 4.98 Å². The molecule has 1 rings (SSSR count). The van der Waals surface area contributed by atoms with Gasteiger partial charge in [0.2, 0.25) is 5.91 Å². The molecule has 0 saturated heterocycles. The van der Waals surface area contributed by atoms with Gasteiger partial charge in [-0.15, -0.1) is 11.3 Å². The third-order valence-electron chi connectivity index (χ3n) is 1.86. The molecule has 0 radical (unpaired) electrons. The number of hydrogen-bond donors (Lipinski definition) is 2. The number of carbonyl (C=O) groups excluding carboxylic acids is 1. The maximum atomic E-state index is 11.3. The van der Waals surface area contributed by atoms with Crippen LogP contribution in [-0.2, 0) is 11.3 Å². The molecule has 0 bridgehead atoms. The molecule has 0 aliphatic carbocycles. The minimum atomic E-state index is -0.406. The minimum Gasteiger partial charge on any atom is -0.348 e. The second-order valence-corrected chi connectivity index (χ2v) is 4.06. The van der Waals surface area contributed by atoms with Crippen molar-refractivity contribution in [2.45, 2.75) is 32.9 Å². The highest BCUT2D eigenvalue weighted by molar-refractivity contribution is 7.09. The van der Waals surface area contributed by atoms with Crippen molar-refractivity contribution in [2.24, 2.45) is 5.73 Å². The monoisotopic (exact) mass is 213 g/mol. The number of thiazole rings is 1. The van der Waals surface area contributed by atoms with E-state index < -0.39 is 6.04 Å². The van der Waals surface area contributed by atoms with E-state index in [1.165, 1.54) is 0 Å². The molecule has 0 fully saturated rings. The van der Waals surface area contributed by atoms with Gasteiger partial charge >= 0.3 is 0 Å². The van der Waals surface area contributed by atoms with Crippen molar-refractivity contribution >= 4 is 17.2 Å². The molecule has 4 nitrogen and oxygen atoms in total. The molecule has 3 N–H and O–H groups in total. The lowest BCUT2D eigenvalue weighted by Gasteiger charge is -2.08. The largest absolute Gasteiger partial charge is 0.348 e. The van der Waals surface area contributed by atoms with Crippen LogP contribution in [0.25, 0.3) is 0 Å². The Kier molecular flexibility index (Phi) is 4.03. The molecule has 1 amide bonds. The summed E-state index contributed by atoms with van der Waals surface area (Å²) in [5.74, 6) is -0.111. The van der Waals surface area contributed by atoms with Gasteiger partial charge in [-0.3, -0.25) is 4.79 Å². The average molecular weight is 213 g/mol. The van der Waals surface area contributed by atoms with Crippen LogP contribution in [0.15, 0.2) is 5.38 Å². The maximum absolute atomic E-state index is 11.3. The average Bonchev–Trinajstić information content (AvgIpc) is 2.59. The Hall–Kier alpha value is -0.940. The number of amides is 1. The first-order valence-electron chi connectivity index (χ1n) is 4.57. The quantitative estimate of drug-likeness (QED) is 0.777. The molecule has 1 aromatic heterocycles. The summed E-state index contributed by atoms with van der Waals surface area (Å²) >= 11 is 1.54. The lowest BCUT2D eigenvalue weighted by molar-refractivity contribution is -0.122. The fourth-order valence-corrected chi connectivity index (χ4v) is 1.67. The minimum absolute atomic E-state index is 0.111. The molecule has 0 unspecified atom stereocenters. The van der Waals surface area contributed by atoms with E-state index >= 15 is 0 Å². The SMILES string of the molecule is CC[C@H](N)C(=O)NCc1nc(C)cs1. The summed E-state index contributed by atoms with van der Waals surface area (Å²) in [6.45, 7) is 4.29. The van der Waals surface area contributed by atoms with Crippen LogP contribution in [0.1, 0.15) is 24.0 Å². The molecule has 0 aromatic carbocycles. The van der Waals surface area contributed by atoms with Crippen LogP contribution in [0, 0.1) is 6.92 Å². The zero-order chi connectivity index (χ0) is 10.6. The normalized spacial score (nSPS) is 12.5. The van der Waals surface area contributed by atoms with E-state index in [1.807, 2.05) is 19.2 Å². The van der Waals surface area contributed by atoms with Crippen molar-refractivity contribution < 1.29 is 4.79 Å². The Morgan fingerprint density at radius 3 is 3.00 bits per heavy atom. The van der Waals surface area contributed by atoms with Crippen molar-refractivity contribution in [1.82, 2.24) is 10.3 Å². The van der Waals surface area contributed by atoms with Gasteiger partial charge in [-0.05, 0) is 13.3 Å². The van der Waals surface area contributed by atoms with Crippen LogP contribution in [-0.4, -0.2) is 16.9 Å². The second kappa shape index (κ2) is 5.07. The van der Waals surface area contributed by atoms with Crippen LogP contribution in [0.3, 0.4) is 0 Å². The fourth-order valence-electron chi connectivity index (χ4n) is 0.963. The van der Waals surface area contributed by atoms with E-state index in [2.05, 4.69) is 10.3 Å². The smallest absolute Gasteiger partial charge is 0.237 e. The van der Waals surface area contributed by atoms with Gasteiger partial charge in [0.25, 0.3) is 0 Å². The Labute approximate surface area is 87.5 Å². The van der Waals surface area contributed by atoms with Crippen LogP contribution >= 0.6 is 11.3 Å². The number of nitrogens with zero attached hydrogens (tertiary/aromatic N) is 1. The first-order valence-corrected chi connectivity index (χ1v) is 5.45. The third kappa shape index (κ3) is 3.08. The molecule has 1 heterocycles. The van der Waals surface area contributed by atoms with E-state index in [4.69, 9.17) is 5.73 Å². The molecular formula is C9H15N3OS. The Bertz CT molecular complexity index is 311. The molecule has 1 aromatic rings. The first-order chi connectivity index (χ1) is 6.63. The predicted molar refractivity (Wildman–Crippen MR) is 57.0 cm³/mol. The maximum Gasteiger partial charge on any atom is 0.237 e. The van der Waals surface area contributed by atoms with Gasteiger partial charge in [0, 0.05) is 11.1 Å². The number of nitrogens with one attached hydrogen (secondary N) is 1. The van der Waals surface area contributed by atoms with E-state index in [0.29, 0.717) is 13.0 Å². The zero-order valence-electron chi connectivity index (χ0n) is 8.41. The third-order valence-corrected chi connectivity index (χ3v) is 2.82. The molecule has 14 heavy (non-hydrogen) atoms. The molecular weight excluding hydrogens is 198 g/mol. The molecule has 1 atom stereocenters. The van der Waals surface area contributed by atoms with Crippen LogP contribution in [0.4, 0.5) is 0 Å². The summed E-state index contributed by atoms with van der Waals surface area (Å²) in [6, 6.07) is -0.406. The Balaban J connectivity index is 2.37.